The van der Waals surface area contributed by atoms with Crippen LogP contribution < -0.4 is 5.32 Å². The standard InChI is InChI=1S/C21H25N3O3/c25-20(13-16-7-2-1-3-8-16)23-15-19(21(26)27)24-12-5-4-10-18(24)17-9-6-11-22-14-17/h1-3,6-9,11,14,18-19H,4-5,10,12-13,15H2,(H,23,25)(H,26,27)/t18-,19+/m0/s1. The van der Waals surface area contributed by atoms with Crippen LogP contribution in [0, 0.1) is 0 Å². The Labute approximate surface area is 159 Å². The summed E-state index contributed by atoms with van der Waals surface area (Å²) in [6, 6.07) is 12.6. The van der Waals surface area contributed by atoms with E-state index in [-0.39, 0.29) is 24.9 Å². The predicted molar refractivity (Wildman–Crippen MR) is 102 cm³/mol. The quantitative estimate of drug-likeness (QED) is 0.785. The summed E-state index contributed by atoms with van der Waals surface area (Å²) in [5.41, 5.74) is 1.94. The van der Waals surface area contributed by atoms with Crippen LogP contribution in [0.4, 0.5) is 0 Å². The molecule has 1 saturated heterocycles. The molecule has 2 atom stereocenters. The molecule has 2 heterocycles. The van der Waals surface area contributed by atoms with Crippen molar-refractivity contribution in [1.82, 2.24) is 15.2 Å². The van der Waals surface area contributed by atoms with Crippen molar-refractivity contribution in [1.29, 1.82) is 0 Å². The monoisotopic (exact) mass is 367 g/mol. The number of amides is 1. The summed E-state index contributed by atoms with van der Waals surface area (Å²) in [4.78, 5) is 30.3. The second-order valence-corrected chi connectivity index (χ2v) is 6.86. The molecule has 1 aliphatic heterocycles. The Bertz CT molecular complexity index is 752. The molecule has 1 amide bonds. The molecule has 27 heavy (non-hydrogen) atoms. The SMILES string of the molecule is O=C(Cc1ccccc1)NC[C@H](C(=O)O)N1CCCC[C@H]1c1cccnc1. The first kappa shape index (κ1) is 19.0. The number of carboxylic acids is 1. The minimum absolute atomic E-state index is 0.0135. The van der Waals surface area contributed by atoms with Crippen molar-refractivity contribution in [3.8, 4) is 0 Å². The lowest BCUT2D eigenvalue weighted by Crippen LogP contribution is -2.51. The zero-order valence-electron chi connectivity index (χ0n) is 15.3. The van der Waals surface area contributed by atoms with Gasteiger partial charge in [-0.1, -0.05) is 42.8 Å². The van der Waals surface area contributed by atoms with Crippen LogP contribution in [0.3, 0.4) is 0 Å². The van der Waals surface area contributed by atoms with Crippen molar-refractivity contribution in [3.05, 3.63) is 66.0 Å². The summed E-state index contributed by atoms with van der Waals surface area (Å²) in [5.74, 6) is -1.08. The molecule has 0 unspecified atom stereocenters. The second-order valence-electron chi connectivity index (χ2n) is 6.86. The van der Waals surface area contributed by atoms with Crippen molar-refractivity contribution in [3.63, 3.8) is 0 Å². The number of likely N-dealkylation sites (tertiary alicyclic amines) is 1. The first-order valence-corrected chi connectivity index (χ1v) is 9.34. The van der Waals surface area contributed by atoms with E-state index in [1.165, 1.54) is 0 Å². The molecular formula is C21H25N3O3. The molecule has 0 radical (unpaired) electrons. The Hall–Kier alpha value is -2.73. The Morgan fingerprint density at radius 3 is 2.70 bits per heavy atom. The van der Waals surface area contributed by atoms with E-state index in [0.29, 0.717) is 6.54 Å². The molecule has 1 aliphatic rings. The summed E-state index contributed by atoms with van der Waals surface area (Å²) in [6.45, 7) is 0.794. The molecule has 2 N–H and O–H groups in total. The average Bonchev–Trinajstić information content (AvgIpc) is 2.70. The number of hydrogen-bond acceptors (Lipinski definition) is 4. The third-order valence-corrected chi connectivity index (χ3v) is 5.00. The number of pyridine rings is 1. The summed E-state index contributed by atoms with van der Waals surface area (Å²) < 4.78 is 0. The molecule has 1 aromatic heterocycles. The van der Waals surface area contributed by atoms with Gasteiger partial charge in [-0.05, 0) is 36.6 Å². The first-order valence-electron chi connectivity index (χ1n) is 9.34. The Balaban J connectivity index is 1.66. The van der Waals surface area contributed by atoms with E-state index in [4.69, 9.17) is 0 Å². The van der Waals surface area contributed by atoms with E-state index >= 15 is 0 Å². The van der Waals surface area contributed by atoms with Crippen LogP contribution in [0.25, 0.3) is 0 Å². The zero-order chi connectivity index (χ0) is 19.1. The van der Waals surface area contributed by atoms with Gasteiger partial charge in [-0.25, -0.2) is 0 Å². The summed E-state index contributed by atoms with van der Waals surface area (Å²) in [7, 11) is 0. The molecule has 6 nitrogen and oxygen atoms in total. The normalized spacial score (nSPS) is 18.6. The summed E-state index contributed by atoms with van der Waals surface area (Å²) in [5, 5.41) is 12.6. The molecule has 0 saturated carbocycles. The number of aromatic nitrogens is 1. The van der Waals surface area contributed by atoms with E-state index < -0.39 is 12.0 Å². The number of benzene rings is 1. The highest BCUT2D eigenvalue weighted by atomic mass is 16.4. The van der Waals surface area contributed by atoms with Gasteiger partial charge in [0.2, 0.25) is 5.91 Å². The lowest BCUT2D eigenvalue weighted by atomic mass is 9.94. The van der Waals surface area contributed by atoms with Crippen LogP contribution in [0.1, 0.15) is 36.4 Å². The molecule has 0 spiro atoms. The fourth-order valence-electron chi connectivity index (χ4n) is 3.66. The van der Waals surface area contributed by atoms with Gasteiger partial charge in [0.1, 0.15) is 6.04 Å². The largest absolute Gasteiger partial charge is 0.480 e. The van der Waals surface area contributed by atoms with Crippen LogP contribution >= 0.6 is 0 Å². The highest BCUT2D eigenvalue weighted by Crippen LogP contribution is 2.32. The van der Waals surface area contributed by atoms with Crippen LogP contribution in [0.5, 0.6) is 0 Å². The Kier molecular flexibility index (Phi) is 6.54. The van der Waals surface area contributed by atoms with Gasteiger partial charge in [0.05, 0.1) is 6.42 Å². The van der Waals surface area contributed by atoms with Crippen molar-refractivity contribution >= 4 is 11.9 Å². The van der Waals surface area contributed by atoms with Crippen LogP contribution in [-0.2, 0) is 16.0 Å². The highest BCUT2D eigenvalue weighted by molar-refractivity contribution is 5.80. The maximum Gasteiger partial charge on any atom is 0.322 e. The van der Waals surface area contributed by atoms with Gasteiger partial charge in [0.25, 0.3) is 0 Å². The van der Waals surface area contributed by atoms with Crippen molar-refractivity contribution in [2.45, 2.75) is 37.8 Å². The van der Waals surface area contributed by atoms with E-state index in [0.717, 1.165) is 30.4 Å². The molecule has 0 bridgehead atoms. The van der Waals surface area contributed by atoms with Crippen LogP contribution in [0.15, 0.2) is 54.9 Å². The lowest BCUT2D eigenvalue weighted by Gasteiger charge is -2.39. The number of piperidine rings is 1. The third-order valence-electron chi connectivity index (χ3n) is 5.00. The van der Waals surface area contributed by atoms with Gasteiger partial charge < -0.3 is 10.4 Å². The Morgan fingerprint density at radius 2 is 2.00 bits per heavy atom. The number of rotatable bonds is 7. The maximum absolute atomic E-state index is 12.2. The van der Waals surface area contributed by atoms with Crippen LogP contribution in [0.2, 0.25) is 0 Å². The zero-order valence-corrected chi connectivity index (χ0v) is 15.3. The van der Waals surface area contributed by atoms with Gasteiger partial charge in [-0.15, -0.1) is 0 Å². The van der Waals surface area contributed by atoms with Crippen molar-refractivity contribution in [2.24, 2.45) is 0 Å². The molecule has 3 rings (SSSR count). The summed E-state index contributed by atoms with van der Waals surface area (Å²) >= 11 is 0. The third kappa shape index (κ3) is 5.14. The minimum Gasteiger partial charge on any atom is -0.480 e. The average molecular weight is 367 g/mol. The van der Waals surface area contributed by atoms with Gasteiger partial charge in [0.15, 0.2) is 0 Å². The molecule has 1 aromatic carbocycles. The molecule has 2 aromatic rings. The number of carboxylic acid groups (broad SMARTS) is 1. The maximum atomic E-state index is 12.2. The number of aliphatic carboxylic acids is 1. The molecular weight excluding hydrogens is 342 g/mol. The minimum atomic E-state index is -0.911. The lowest BCUT2D eigenvalue weighted by molar-refractivity contribution is -0.145. The van der Waals surface area contributed by atoms with Gasteiger partial charge in [-0.2, -0.15) is 0 Å². The predicted octanol–water partition coefficient (Wildman–Crippen LogP) is 2.42. The van der Waals surface area contributed by atoms with E-state index in [9.17, 15) is 14.7 Å². The van der Waals surface area contributed by atoms with Gasteiger partial charge in [0, 0.05) is 25.0 Å². The number of nitrogens with zero attached hydrogens (tertiary/aromatic N) is 2. The smallest absolute Gasteiger partial charge is 0.322 e. The molecule has 6 heteroatoms. The first-order chi connectivity index (χ1) is 13.1. The number of hydrogen-bond donors (Lipinski definition) is 2. The van der Waals surface area contributed by atoms with E-state index in [2.05, 4.69) is 10.3 Å². The highest BCUT2D eigenvalue weighted by Gasteiger charge is 2.34. The second kappa shape index (κ2) is 9.28. The van der Waals surface area contributed by atoms with Crippen molar-refractivity contribution < 1.29 is 14.7 Å². The fourth-order valence-corrected chi connectivity index (χ4v) is 3.66. The molecule has 0 aliphatic carbocycles. The van der Waals surface area contributed by atoms with Gasteiger partial charge >= 0.3 is 5.97 Å². The van der Waals surface area contributed by atoms with Crippen molar-refractivity contribution in [2.75, 3.05) is 13.1 Å². The number of nitrogens with one attached hydrogen (secondary N) is 1. The van der Waals surface area contributed by atoms with E-state index in [1.54, 1.807) is 12.4 Å². The summed E-state index contributed by atoms with van der Waals surface area (Å²) in [6.07, 6.45) is 6.68. The Morgan fingerprint density at radius 1 is 1.19 bits per heavy atom. The number of carbonyl (C=O) groups excluding carboxylic acids is 1. The topological polar surface area (TPSA) is 82.5 Å². The fraction of sp³-hybridized carbons (Fsp3) is 0.381. The number of carbonyl (C=O) groups is 2. The van der Waals surface area contributed by atoms with E-state index in [1.807, 2.05) is 47.4 Å². The molecule has 142 valence electrons. The molecule has 1 fully saturated rings. The van der Waals surface area contributed by atoms with Gasteiger partial charge in [-0.3, -0.25) is 19.5 Å². The van der Waals surface area contributed by atoms with Crippen LogP contribution in [-0.4, -0.2) is 46.0 Å².